The van der Waals surface area contributed by atoms with Gasteiger partial charge in [-0.25, -0.2) is 0 Å². The van der Waals surface area contributed by atoms with Crippen molar-refractivity contribution in [1.29, 1.82) is 0 Å². The quantitative estimate of drug-likeness (QED) is 0.728. The minimum atomic E-state index is 0.429. The van der Waals surface area contributed by atoms with E-state index in [2.05, 4.69) is 15.2 Å². The van der Waals surface area contributed by atoms with E-state index in [1.807, 2.05) is 0 Å². The van der Waals surface area contributed by atoms with Crippen LogP contribution in [-0.4, -0.2) is 45.3 Å². The summed E-state index contributed by atoms with van der Waals surface area (Å²) in [6, 6.07) is 0.848. The Labute approximate surface area is 101 Å². The van der Waals surface area contributed by atoms with E-state index in [0.717, 1.165) is 18.9 Å². The molecule has 5 nitrogen and oxygen atoms in total. The first-order valence-electron chi connectivity index (χ1n) is 6.44. The van der Waals surface area contributed by atoms with Gasteiger partial charge < -0.3 is 4.90 Å². The molecule has 2 heterocycles. The van der Waals surface area contributed by atoms with E-state index < -0.39 is 0 Å². The van der Waals surface area contributed by atoms with Crippen LogP contribution >= 0.6 is 0 Å². The molecule has 92 valence electrons. The average molecular weight is 234 g/mol. The summed E-state index contributed by atoms with van der Waals surface area (Å²) >= 11 is 0. The molecule has 2 aliphatic rings. The van der Waals surface area contributed by atoms with Gasteiger partial charge in [0.1, 0.15) is 5.69 Å². The van der Waals surface area contributed by atoms with Crippen LogP contribution in [0.4, 0.5) is 0 Å². The van der Waals surface area contributed by atoms with Gasteiger partial charge in [-0.05, 0) is 31.7 Å². The van der Waals surface area contributed by atoms with Crippen molar-refractivity contribution in [2.45, 2.75) is 38.3 Å². The smallest absolute Gasteiger partial charge is 0.171 e. The fourth-order valence-electron chi connectivity index (χ4n) is 2.82. The summed E-state index contributed by atoms with van der Waals surface area (Å²) in [6.07, 6.45) is 7.89. The molecular weight excluding hydrogens is 216 g/mol. The van der Waals surface area contributed by atoms with Crippen molar-refractivity contribution < 1.29 is 4.79 Å². The molecule has 1 aromatic rings. The molecule has 1 saturated heterocycles. The number of aldehydes is 1. The first kappa shape index (κ1) is 10.9. The predicted molar refractivity (Wildman–Crippen MR) is 62.7 cm³/mol. The van der Waals surface area contributed by atoms with Gasteiger partial charge >= 0.3 is 0 Å². The second-order valence-electron chi connectivity index (χ2n) is 5.22. The molecule has 0 aromatic carbocycles. The van der Waals surface area contributed by atoms with Gasteiger partial charge in [-0.15, -0.1) is 5.10 Å². The Bertz CT molecular complexity index is 399. The molecule has 0 unspecified atom stereocenters. The highest BCUT2D eigenvalue weighted by Crippen LogP contribution is 2.30. The van der Waals surface area contributed by atoms with Crippen LogP contribution in [0.25, 0.3) is 0 Å². The SMILES string of the molecule is O=Cc1cn(C[C@@H]2CCN(C3CCC3)C2)nn1. The van der Waals surface area contributed by atoms with Gasteiger partial charge in [-0.1, -0.05) is 11.6 Å². The molecule has 1 aliphatic heterocycles. The average Bonchev–Trinajstić information content (AvgIpc) is 2.86. The van der Waals surface area contributed by atoms with E-state index in [-0.39, 0.29) is 0 Å². The molecule has 3 rings (SSSR count). The highest BCUT2D eigenvalue weighted by Gasteiger charge is 2.31. The first-order chi connectivity index (χ1) is 8.35. The number of hydrogen-bond donors (Lipinski definition) is 0. The molecule has 0 radical (unpaired) electrons. The van der Waals surface area contributed by atoms with Crippen LogP contribution in [0.2, 0.25) is 0 Å². The Kier molecular flexibility index (Phi) is 2.93. The van der Waals surface area contributed by atoms with Crippen LogP contribution in [0.15, 0.2) is 6.20 Å². The molecular formula is C12H18N4O. The molecule has 1 aliphatic carbocycles. The van der Waals surface area contributed by atoms with Gasteiger partial charge in [0.15, 0.2) is 6.29 Å². The molecule has 0 spiro atoms. The van der Waals surface area contributed by atoms with Gasteiger partial charge in [-0.2, -0.15) is 0 Å². The van der Waals surface area contributed by atoms with Gasteiger partial charge in [-0.3, -0.25) is 9.48 Å². The normalized spacial score (nSPS) is 26.0. The van der Waals surface area contributed by atoms with Crippen LogP contribution in [0, 0.1) is 5.92 Å². The minimum absolute atomic E-state index is 0.429. The Morgan fingerprint density at radius 3 is 2.94 bits per heavy atom. The molecule has 0 bridgehead atoms. The zero-order valence-electron chi connectivity index (χ0n) is 9.96. The van der Waals surface area contributed by atoms with E-state index in [0.29, 0.717) is 11.6 Å². The lowest BCUT2D eigenvalue weighted by Gasteiger charge is -2.34. The third kappa shape index (κ3) is 2.24. The van der Waals surface area contributed by atoms with E-state index >= 15 is 0 Å². The predicted octanol–water partition coefficient (Wildman–Crippen LogP) is 0.965. The summed E-state index contributed by atoms with van der Waals surface area (Å²) in [6.45, 7) is 3.30. The lowest BCUT2D eigenvalue weighted by Crippen LogP contribution is -2.38. The molecule has 5 heteroatoms. The zero-order valence-corrected chi connectivity index (χ0v) is 9.96. The van der Waals surface area contributed by atoms with E-state index in [9.17, 15) is 4.79 Å². The van der Waals surface area contributed by atoms with Gasteiger partial charge in [0.2, 0.25) is 0 Å². The van der Waals surface area contributed by atoms with Crippen molar-refractivity contribution in [1.82, 2.24) is 19.9 Å². The van der Waals surface area contributed by atoms with Gasteiger partial charge in [0, 0.05) is 19.1 Å². The summed E-state index contributed by atoms with van der Waals surface area (Å²) < 4.78 is 1.80. The van der Waals surface area contributed by atoms with Crippen molar-refractivity contribution in [2.24, 2.45) is 5.92 Å². The number of likely N-dealkylation sites (tertiary alicyclic amines) is 1. The Hall–Kier alpha value is -1.23. The number of nitrogens with zero attached hydrogens (tertiary/aromatic N) is 4. The lowest BCUT2D eigenvalue weighted by atomic mass is 9.92. The second kappa shape index (κ2) is 4.56. The van der Waals surface area contributed by atoms with Crippen LogP contribution in [-0.2, 0) is 6.54 Å². The maximum Gasteiger partial charge on any atom is 0.171 e. The first-order valence-corrected chi connectivity index (χ1v) is 6.44. The lowest BCUT2D eigenvalue weighted by molar-refractivity contribution is 0.111. The van der Waals surface area contributed by atoms with Crippen molar-refractivity contribution >= 4 is 6.29 Å². The minimum Gasteiger partial charge on any atom is -0.300 e. The number of carbonyl (C=O) groups excluding carboxylic acids is 1. The fraction of sp³-hybridized carbons (Fsp3) is 0.750. The van der Waals surface area contributed by atoms with E-state index in [1.54, 1.807) is 10.9 Å². The Balaban J connectivity index is 1.54. The largest absolute Gasteiger partial charge is 0.300 e. The Morgan fingerprint density at radius 2 is 2.29 bits per heavy atom. The molecule has 0 N–H and O–H groups in total. The molecule has 17 heavy (non-hydrogen) atoms. The van der Waals surface area contributed by atoms with Crippen molar-refractivity contribution in [3.05, 3.63) is 11.9 Å². The van der Waals surface area contributed by atoms with Crippen LogP contribution in [0.1, 0.15) is 36.2 Å². The van der Waals surface area contributed by atoms with Gasteiger partial charge in [0.25, 0.3) is 0 Å². The number of hydrogen-bond acceptors (Lipinski definition) is 4. The van der Waals surface area contributed by atoms with E-state index in [1.165, 1.54) is 38.8 Å². The summed E-state index contributed by atoms with van der Waals surface area (Å²) in [5, 5.41) is 7.76. The van der Waals surface area contributed by atoms with Crippen LogP contribution in [0.5, 0.6) is 0 Å². The molecule has 1 saturated carbocycles. The second-order valence-corrected chi connectivity index (χ2v) is 5.22. The monoisotopic (exact) mass is 234 g/mol. The fourth-order valence-corrected chi connectivity index (χ4v) is 2.82. The van der Waals surface area contributed by atoms with Crippen molar-refractivity contribution in [3.8, 4) is 0 Å². The van der Waals surface area contributed by atoms with Crippen molar-refractivity contribution in [2.75, 3.05) is 13.1 Å². The third-order valence-corrected chi connectivity index (χ3v) is 4.03. The number of rotatable bonds is 4. The summed E-state index contributed by atoms with van der Waals surface area (Å²) in [4.78, 5) is 13.1. The topological polar surface area (TPSA) is 51.0 Å². The standard InChI is InChI=1S/C12H18N4O/c17-9-11-8-16(14-13-11)7-10-4-5-15(6-10)12-2-1-3-12/h8-10,12H,1-7H2/t10-/m1/s1. The molecule has 1 aromatic heterocycles. The molecule has 0 amide bonds. The summed E-state index contributed by atoms with van der Waals surface area (Å²) in [5.74, 6) is 0.664. The van der Waals surface area contributed by atoms with Crippen molar-refractivity contribution in [3.63, 3.8) is 0 Å². The zero-order chi connectivity index (χ0) is 11.7. The molecule has 2 fully saturated rings. The maximum absolute atomic E-state index is 10.5. The molecule has 1 atom stereocenters. The number of aromatic nitrogens is 3. The third-order valence-electron chi connectivity index (χ3n) is 4.03. The van der Waals surface area contributed by atoms with Crippen LogP contribution < -0.4 is 0 Å². The highest BCUT2D eigenvalue weighted by atomic mass is 16.1. The van der Waals surface area contributed by atoms with Gasteiger partial charge in [0.05, 0.1) is 6.20 Å². The highest BCUT2D eigenvalue weighted by molar-refractivity contribution is 5.70. The van der Waals surface area contributed by atoms with E-state index in [4.69, 9.17) is 0 Å². The maximum atomic E-state index is 10.5. The van der Waals surface area contributed by atoms with Crippen LogP contribution in [0.3, 0.4) is 0 Å². The summed E-state index contributed by atoms with van der Waals surface area (Å²) in [5.41, 5.74) is 0.429. The number of carbonyl (C=O) groups is 1. The Morgan fingerprint density at radius 1 is 1.41 bits per heavy atom. The summed E-state index contributed by atoms with van der Waals surface area (Å²) in [7, 11) is 0.